The molecule has 0 radical (unpaired) electrons. The first-order chi connectivity index (χ1) is 8.72. The fourth-order valence-corrected chi connectivity index (χ4v) is 1.80. The number of rotatable bonds is 4. The van der Waals surface area contributed by atoms with Crippen LogP contribution in [0.3, 0.4) is 0 Å². The predicted molar refractivity (Wildman–Crippen MR) is 64.4 cm³/mol. The van der Waals surface area contributed by atoms with Crippen molar-refractivity contribution in [3.05, 3.63) is 65.5 Å². The molecule has 1 unspecified atom stereocenters. The Labute approximate surface area is 104 Å². The van der Waals surface area contributed by atoms with E-state index < -0.39 is 17.7 Å². The standard InChI is InChI=1S/C13H13F2N3/c14-11-3-1-2-10(13(11)15)12(18-16)8-9-4-6-17-7-5-9/h1-7,12,18H,8,16H2. The van der Waals surface area contributed by atoms with Crippen LogP contribution in [0.5, 0.6) is 0 Å². The van der Waals surface area contributed by atoms with E-state index in [2.05, 4.69) is 10.4 Å². The third-order valence-electron chi connectivity index (χ3n) is 2.75. The number of nitrogens with zero attached hydrogens (tertiary/aromatic N) is 1. The zero-order valence-electron chi connectivity index (χ0n) is 9.61. The molecule has 1 aromatic heterocycles. The molecular formula is C13H13F2N3. The van der Waals surface area contributed by atoms with Crippen molar-refractivity contribution in [2.24, 2.45) is 5.84 Å². The number of hydrogen-bond donors (Lipinski definition) is 2. The van der Waals surface area contributed by atoms with Gasteiger partial charge in [-0.25, -0.2) is 8.78 Å². The van der Waals surface area contributed by atoms with E-state index >= 15 is 0 Å². The van der Waals surface area contributed by atoms with Crippen LogP contribution in [0.25, 0.3) is 0 Å². The Morgan fingerprint density at radius 1 is 1.17 bits per heavy atom. The molecular weight excluding hydrogens is 236 g/mol. The fourth-order valence-electron chi connectivity index (χ4n) is 1.80. The van der Waals surface area contributed by atoms with Gasteiger partial charge in [-0.1, -0.05) is 12.1 Å². The fraction of sp³-hybridized carbons (Fsp3) is 0.154. The molecule has 0 saturated carbocycles. The van der Waals surface area contributed by atoms with E-state index in [0.717, 1.165) is 11.6 Å². The van der Waals surface area contributed by atoms with Crippen molar-refractivity contribution in [3.63, 3.8) is 0 Å². The number of pyridine rings is 1. The highest BCUT2D eigenvalue weighted by molar-refractivity contribution is 5.25. The van der Waals surface area contributed by atoms with Crippen LogP contribution >= 0.6 is 0 Å². The van der Waals surface area contributed by atoms with Crippen molar-refractivity contribution >= 4 is 0 Å². The van der Waals surface area contributed by atoms with Gasteiger partial charge in [0.25, 0.3) is 0 Å². The summed E-state index contributed by atoms with van der Waals surface area (Å²) in [7, 11) is 0. The lowest BCUT2D eigenvalue weighted by atomic mass is 9.99. The number of aromatic nitrogens is 1. The van der Waals surface area contributed by atoms with Gasteiger partial charge in [-0.3, -0.25) is 16.3 Å². The molecule has 2 rings (SSSR count). The van der Waals surface area contributed by atoms with E-state index in [1.807, 2.05) is 12.1 Å². The summed E-state index contributed by atoms with van der Waals surface area (Å²) in [4.78, 5) is 3.90. The normalized spacial score (nSPS) is 12.4. The highest BCUT2D eigenvalue weighted by Crippen LogP contribution is 2.22. The lowest BCUT2D eigenvalue weighted by molar-refractivity contribution is 0.464. The van der Waals surface area contributed by atoms with Crippen molar-refractivity contribution < 1.29 is 8.78 Å². The summed E-state index contributed by atoms with van der Waals surface area (Å²) in [5, 5.41) is 0. The molecule has 0 spiro atoms. The smallest absolute Gasteiger partial charge is 0.163 e. The number of benzene rings is 1. The van der Waals surface area contributed by atoms with Crippen LogP contribution in [0.4, 0.5) is 8.78 Å². The molecule has 0 bridgehead atoms. The summed E-state index contributed by atoms with van der Waals surface area (Å²) in [6.45, 7) is 0. The number of hydrogen-bond acceptors (Lipinski definition) is 3. The van der Waals surface area contributed by atoms with Gasteiger partial charge < -0.3 is 0 Å². The van der Waals surface area contributed by atoms with Crippen LogP contribution < -0.4 is 11.3 Å². The lowest BCUT2D eigenvalue weighted by Gasteiger charge is -2.17. The van der Waals surface area contributed by atoms with Gasteiger partial charge in [0.05, 0.1) is 6.04 Å². The lowest BCUT2D eigenvalue weighted by Crippen LogP contribution is -2.30. The average Bonchev–Trinajstić information content (AvgIpc) is 2.41. The van der Waals surface area contributed by atoms with Crippen molar-refractivity contribution in [2.45, 2.75) is 12.5 Å². The van der Waals surface area contributed by atoms with Gasteiger partial charge in [0.15, 0.2) is 11.6 Å². The van der Waals surface area contributed by atoms with E-state index in [0.29, 0.717) is 6.42 Å². The second kappa shape index (κ2) is 5.66. The molecule has 3 N–H and O–H groups in total. The summed E-state index contributed by atoms with van der Waals surface area (Å²) in [5.74, 6) is 3.68. The van der Waals surface area contributed by atoms with Crippen LogP contribution in [0, 0.1) is 11.6 Å². The number of nitrogens with one attached hydrogen (secondary N) is 1. The molecule has 0 aliphatic carbocycles. The first kappa shape index (κ1) is 12.6. The Balaban J connectivity index is 2.26. The molecule has 18 heavy (non-hydrogen) atoms. The maximum absolute atomic E-state index is 13.7. The van der Waals surface area contributed by atoms with Crippen LogP contribution in [0.2, 0.25) is 0 Å². The van der Waals surface area contributed by atoms with Gasteiger partial charge in [-0.15, -0.1) is 0 Å². The minimum absolute atomic E-state index is 0.217. The zero-order valence-corrected chi connectivity index (χ0v) is 9.61. The Morgan fingerprint density at radius 2 is 1.89 bits per heavy atom. The molecule has 0 aliphatic rings. The van der Waals surface area contributed by atoms with Crippen molar-refractivity contribution in [1.29, 1.82) is 0 Å². The highest BCUT2D eigenvalue weighted by Gasteiger charge is 2.17. The van der Waals surface area contributed by atoms with E-state index in [-0.39, 0.29) is 5.56 Å². The van der Waals surface area contributed by atoms with Gasteiger partial charge in [0, 0.05) is 18.0 Å². The number of nitrogens with two attached hydrogens (primary N) is 1. The van der Waals surface area contributed by atoms with Crippen molar-refractivity contribution in [2.75, 3.05) is 0 Å². The monoisotopic (exact) mass is 249 g/mol. The van der Waals surface area contributed by atoms with Crippen LogP contribution in [0.1, 0.15) is 17.2 Å². The summed E-state index contributed by atoms with van der Waals surface area (Å²) >= 11 is 0. The minimum Gasteiger partial charge on any atom is -0.271 e. The first-order valence-electron chi connectivity index (χ1n) is 5.51. The topological polar surface area (TPSA) is 50.9 Å². The van der Waals surface area contributed by atoms with Crippen LogP contribution in [0.15, 0.2) is 42.7 Å². The summed E-state index contributed by atoms with van der Waals surface area (Å²) in [6, 6.07) is 7.19. The van der Waals surface area contributed by atoms with Crippen molar-refractivity contribution in [3.8, 4) is 0 Å². The SMILES string of the molecule is NNC(Cc1ccncc1)c1cccc(F)c1F. The molecule has 3 nitrogen and oxygen atoms in total. The number of halogens is 2. The molecule has 1 aromatic carbocycles. The van der Waals surface area contributed by atoms with E-state index in [9.17, 15) is 8.78 Å². The second-order valence-corrected chi connectivity index (χ2v) is 3.92. The summed E-state index contributed by atoms with van der Waals surface area (Å²) in [5.41, 5.74) is 3.67. The minimum atomic E-state index is -0.873. The zero-order chi connectivity index (χ0) is 13.0. The number of hydrazine groups is 1. The third kappa shape index (κ3) is 2.69. The van der Waals surface area contributed by atoms with Crippen LogP contribution in [-0.4, -0.2) is 4.98 Å². The average molecular weight is 249 g/mol. The maximum atomic E-state index is 13.7. The Morgan fingerprint density at radius 3 is 2.56 bits per heavy atom. The molecule has 2 aromatic rings. The highest BCUT2D eigenvalue weighted by atomic mass is 19.2. The maximum Gasteiger partial charge on any atom is 0.163 e. The van der Waals surface area contributed by atoms with E-state index in [1.54, 1.807) is 12.4 Å². The summed E-state index contributed by atoms with van der Waals surface area (Å²) in [6.07, 6.45) is 3.75. The Bertz CT molecular complexity index is 517. The molecule has 0 saturated heterocycles. The molecule has 1 atom stereocenters. The molecule has 94 valence electrons. The summed E-state index contributed by atoms with van der Waals surface area (Å²) < 4.78 is 26.8. The quantitative estimate of drug-likeness (QED) is 0.644. The molecule has 1 heterocycles. The molecule has 0 fully saturated rings. The predicted octanol–water partition coefficient (Wildman–Crippen LogP) is 2.11. The van der Waals surface area contributed by atoms with Crippen LogP contribution in [-0.2, 0) is 6.42 Å². The van der Waals surface area contributed by atoms with Gasteiger partial charge in [-0.05, 0) is 30.2 Å². The molecule has 5 heteroatoms. The largest absolute Gasteiger partial charge is 0.271 e. The van der Waals surface area contributed by atoms with Gasteiger partial charge in [-0.2, -0.15) is 0 Å². The van der Waals surface area contributed by atoms with E-state index in [4.69, 9.17) is 5.84 Å². The molecule has 0 aliphatic heterocycles. The van der Waals surface area contributed by atoms with Gasteiger partial charge in [0.2, 0.25) is 0 Å². The van der Waals surface area contributed by atoms with Crippen molar-refractivity contribution in [1.82, 2.24) is 10.4 Å². The first-order valence-corrected chi connectivity index (χ1v) is 5.51. The Hall–Kier alpha value is -1.85. The third-order valence-corrected chi connectivity index (χ3v) is 2.75. The van der Waals surface area contributed by atoms with Gasteiger partial charge in [0.1, 0.15) is 0 Å². The molecule has 0 amide bonds. The Kier molecular flexibility index (Phi) is 3.96. The second-order valence-electron chi connectivity index (χ2n) is 3.92. The van der Waals surface area contributed by atoms with E-state index in [1.165, 1.54) is 12.1 Å². The van der Waals surface area contributed by atoms with Gasteiger partial charge >= 0.3 is 0 Å².